The van der Waals surface area contributed by atoms with Gasteiger partial charge in [0.2, 0.25) is 11.7 Å². The summed E-state index contributed by atoms with van der Waals surface area (Å²) in [5, 5.41) is 11.7. The molecule has 0 saturated carbocycles. The van der Waals surface area contributed by atoms with Crippen LogP contribution in [0.5, 0.6) is 0 Å². The number of furan rings is 1. The average molecular weight is 462 g/mol. The second-order valence-corrected chi connectivity index (χ2v) is 7.77. The van der Waals surface area contributed by atoms with E-state index < -0.39 is 0 Å². The minimum absolute atomic E-state index is 0.0994. The van der Waals surface area contributed by atoms with Crippen molar-refractivity contribution in [3.8, 4) is 11.6 Å². The largest absolute Gasteiger partial charge is 0.446 e. The molecule has 8 nitrogen and oxygen atoms in total. The maximum atomic E-state index is 12.3. The normalized spacial score (nSPS) is 13.8. The molecule has 3 aromatic rings. The number of nitrogens with zero attached hydrogens (tertiary/aromatic N) is 4. The fourth-order valence-electron chi connectivity index (χ4n) is 2.83. The number of urea groups is 1. The number of aromatic nitrogens is 3. The van der Waals surface area contributed by atoms with E-state index in [4.69, 9.17) is 4.42 Å². The SMILES string of the molecule is O=C(CSc1nnc(-c2ccc(Br)o2)n1Cc1ccccc1)N1CCNC1=O. The van der Waals surface area contributed by atoms with Gasteiger partial charge >= 0.3 is 6.03 Å². The molecule has 1 saturated heterocycles. The highest BCUT2D eigenvalue weighted by Crippen LogP contribution is 2.28. The van der Waals surface area contributed by atoms with Gasteiger partial charge in [-0.1, -0.05) is 42.1 Å². The number of thioether (sulfide) groups is 1. The molecule has 1 aliphatic rings. The molecule has 3 heterocycles. The summed E-state index contributed by atoms with van der Waals surface area (Å²) in [6.07, 6.45) is 0. The van der Waals surface area contributed by atoms with Crippen molar-refractivity contribution in [2.45, 2.75) is 11.7 Å². The Bertz CT molecular complexity index is 1000. The fraction of sp³-hybridized carbons (Fsp3) is 0.222. The monoisotopic (exact) mass is 461 g/mol. The second kappa shape index (κ2) is 8.19. The van der Waals surface area contributed by atoms with Crippen molar-refractivity contribution in [3.05, 3.63) is 52.7 Å². The van der Waals surface area contributed by atoms with E-state index in [0.717, 1.165) is 5.56 Å². The maximum absolute atomic E-state index is 12.3. The standard InChI is InChI=1S/C18H16BrN5O3S/c19-14-7-6-13(27-14)16-21-22-18(24(16)10-12-4-2-1-3-5-12)28-11-15(25)23-9-8-20-17(23)26/h1-7H,8-11H2,(H,20,26). The molecule has 0 aliphatic carbocycles. The number of hydrogen-bond donors (Lipinski definition) is 1. The number of carbonyl (C=O) groups is 2. The minimum Gasteiger partial charge on any atom is -0.446 e. The van der Waals surface area contributed by atoms with E-state index in [1.165, 1.54) is 16.7 Å². The molecule has 10 heteroatoms. The summed E-state index contributed by atoms with van der Waals surface area (Å²) in [4.78, 5) is 25.2. The lowest BCUT2D eigenvalue weighted by Gasteiger charge is -2.12. The third kappa shape index (κ3) is 3.97. The number of hydrogen-bond acceptors (Lipinski definition) is 6. The molecule has 0 spiro atoms. The van der Waals surface area contributed by atoms with Crippen LogP contribution in [0, 0.1) is 0 Å². The smallest absolute Gasteiger partial charge is 0.324 e. The zero-order valence-electron chi connectivity index (χ0n) is 14.7. The molecular weight excluding hydrogens is 446 g/mol. The van der Waals surface area contributed by atoms with Gasteiger partial charge in [0.15, 0.2) is 15.6 Å². The first-order valence-electron chi connectivity index (χ1n) is 8.55. The van der Waals surface area contributed by atoms with E-state index in [-0.39, 0.29) is 17.7 Å². The molecule has 3 amide bonds. The van der Waals surface area contributed by atoms with Crippen molar-refractivity contribution < 1.29 is 14.0 Å². The molecule has 0 bridgehead atoms. The van der Waals surface area contributed by atoms with Crippen molar-refractivity contribution in [3.63, 3.8) is 0 Å². The summed E-state index contributed by atoms with van der Waals surface area (Å²) in [7, 11) is 0. The molecule has 2 aromatic heterocycles. The van der Waals surface area contributed by atoms with Gasteiger partial charge < -0.3 is 9.73 Å². The summed E-state index contributed by atoms with van der Waals surface area (Å²) in [5.74, 6) is 0.995. The number of carbonyl (C=O) groups excluding carboxylic acids is 2. The van der Waals surface area contributed by atoms with Crippen LogP contribution >= 0.6 is 27.7 Å². The van der Waals surface area contributed by atoms with Gasteiger partial charge in [0.05, 0.1) is 12.3 Å². The molecule has 0 atom stereocenters. The highest BCUT2D eigenvalue weighted by molar-refractivity contribution is 9.10. The van der Waals surface area contributed by atoms with Gasteiger partial charge in [0.1, 0.15) is 0 Å². The van der Waals surface area contributed by atoms with Crippen molar-refractivity contribution in [1.29, 1.82) is 0 Å². The first-order chi connectivity index (χ1) is 13.6. The molecule has 1 aromatic carbocycles. The number of imide groups is 1. The van der Waals surface area contributed by atoms with Crippen molar-refractivity contribution in [1.82, 2.24) is 25.0 Å². The van der Waals surface area contributed by atoms with Crippen LogP contribution in [0.2, 0.25) is 0 Å². The average Bonchev–Trinajstić information content (AvgIpc) is 3.41. The van der Waals surface area contributed by atoms with Crippen molar-refractivity contribution >= 4 is 39.6 Å². The number of benzene rings is 1. The predicted molar refractivity (Wildman–Crippen MR) is 107 cm³/mol. The lowest BCUT2D eigenvalue weighted by atomic mass is 10.2. The topological polar surface area (TPSA) is 93.3 Å². The Morgan fingerprint density at radius 3 is 2.71 bits per heavy atom. The molecule has 28 heavy (non-hydrogen) atoms. The lowest BCUT2D eigenvalue weighted by Crippen LogP contribution is -2.35. The van der Waals surface area contributed by atoms with Gasteiger partial charge in [0, 0.05) is 13.1 Å². The molecular formula is C18H16BrN5O3S. The van der Waals surface area contributed by atoms with Crippen molar-refractivity contribution in [2.24, 2.45) is 0 Å². The van der Waals surface area contributed by atoms with Crippen LogP contribution in [0.3, 0.4) is 0 Å². The lowest BCUT2D eigenvalue weighted by molar-refractivity contribution is -0.124. The molecule has 0 radical (unpaired) electrons. The number of nitrogens with one attached hydrogen (secondary N) is 1. The van der Waals surface area contributed by atoms with E-state index >= 15 is 0 Å². The Morgan fingerprint density at radius 1 is 1.21 bits per heavy atom. The van der Waals surface area contributed by atoms with Crippen LogP contribution in [0.4, 0.5) is 4.79 Å². The summed E-state index contributed by atoms with van der Waals surface area (Å²) in [6, 6.07) is 13.2. The van der Waals surface area contributed by atoms with Crippen molar-refractivity contribution in [2.75, 3.05) is 18.8 Å². The molecule has 4 rings (SSSR count). The predicted octanol–water partition coefficient (Wildman–Crippen LogP) is 2.99. The molecule has 1 aliphatic heterocycles. The summed E-state index contributed by atoms with van der Waals surface area (Å²) >= 11 is 4.55. The minimum atomic E-state index is -0.350. The van der Waals surface area contributed by atoms with Gasteiger partial charge in [-0.25, -0.2) is 4.79 Å². The van der Waals surface area contributed by atoms with Crippen LogP contribution in [0.1, 0.15) is 5.56 Å². The van der Waals surface area contributed by atoms with Crippen LogP contribution < -0.4 is 5.32 Å². The Kier molecular flexibility index (Phi) is 5.49. The number of rotatable bonds is 6. The Balaban J connectivity index is 1.58. The van der Waals surface area contributed by atoms with Crippen LogP contribution in [-0.2, 0) is 11.3 Å². The maximum Gasteiger partial charge on any atom is 0.324 e. The summed E-state index contributed by atoms with van der Waals surface area (Å²) in [6.45, 7) is 1.40. The molecule has 144 valence electrons. The van der Waals surface area contributed by atoms with Crippen LogP contribution in [0.25, 0.3) is 11.6 Å². The van der Waals surface area contributed by atoms with Gasteiger partial charge in [-0.05, 0) is 33.6 Å². The van der Waals surface area contributed by atoms with E-state index in [2.05, 4.69) is 31.4 Å². The Morgan fingerprint density at radius 2 is 2.04 bits per heavy atom. The third-order valence-corrected chi connectivity index (χ3v) is 5.55. The second-order valence-electron chi connectivity index (χ2n) is 6.05. The van der Waals surface area contributed by atoms with E-state index in [1.807, 2.05) is 41.0 Å². The van der Waals surface area contributed by atoms with Gasteiger partial charge in [0.25, 0.3) is 0 Å². The Hall–Kier alpha value is -2.59. The van der Waals surface area contributed by atoms with E-state index in [1.54, 1.807) is 6.07 Å². The Labute approximate surface area is 173 Å². The first kappa shape index (κ1) is 18.8. The highest BCUT2D eigenvalue weighted by Gasteiger charge is 2.27. The van der Waals surface area contributed by atoms with E-state index in [0.29, 0.717) is 41.0 Å². The number of halogens is 1. The van der Waals surface area contributed by atoms with Gasteiger partial charge in [-0.2, -0.15) is 0 Å². The van der Waals surface area contributed by atoms with Crippen LogP contribution in [0.15, 0.2) is 56.7 Å². The summed E-state index contributed by atoms with van der Waals surface area (Å²) < 4.78 is 8.14. The number of amides is 3. The zero-order chi connectivity index (χ0) is 19.5. The van der Waals surface area contributed by atoms with Gasteiger partial charge in [-0.3, -0.25) is 14.3 Å². The van der Waals surface area contributed by atoms with Crippen LogP contribution in [-0.4, -0.2) is 50.4 Å². The van der Waals surface area contributed by atoms with E-state index in [9.17, 15) is 9.59 Å². The third-order valence-electron chi connectivity index (χ3n) is 4.18. The summed E-state index contributed by atoms with van der Waals surface area (Å²) in [5.41, 5.74) is 1.07. The molecule has 1 fully saturated rings. The molecule has 0 unspecified atom stereocenters. The highest BCUT2D eigenvalue weighted by atomic mass is 79.9. The first-order valence-corrected chi connectivity index (χ1v) is 10.3. The quantitative estimate of drug-likeness (QED) is 0.567. The fourth-order valence-corrected chi connectivity index (χ4v) is 3.95. The van der Waals surface area contributed by atoms with Gasteiger partial charge in [-0.15, -0.1) is 10.2 Å². The molecule has 1 N–H and O–H groups in total. The zero-order valence-corrected chi connectivity index (χ0v) is 17.1.